The highest BCUT2D eigenvalue weighted by molar-refractivity contribution is 7.71. The molecule has 82 valence electrons. The average Bonchev–Trinajstić information content (AvgIpc) is 2.28. The normalized spacial score (nSPS) is 11.3. The van der Waals surface area contributed by atoms with Crippen LogP contribution < -0.4 is 5.30 Å². The number of carboxylic acids is 1. The molecule has 15 heavy (non-hydrogen) atoms. The van der Waals surface area contributed by atoms with Crippen LogP contribution >= 0.6 is 7.14 Å². The highest BCUT2D eigenvalue weighted by Crippen LogP contribution is 2.43. The maximum absolute atomic E-state index is 12.3. The summed E-state index contributed by atoms with van der Waals surface area (Å²) in [5, 5.41) is 9.50. The van der Waals surface area contributed by atoms with Crippen LogP contribution in [0.5, 0.6) is 0 Å². The van der Waals surface area contributed by atoms with Gasteiger partial charge in [0.15, 0.2) is 0 Å². The highest BCUT2D eigenvalue weighted by atomic mass is 31.2. The first-order valence-electron chi connectivity index (χ1n) is 4.95. The monoisotopic (exact) mass is 226 g/mol. The van der Waals surface area contributed by atoms with E-state index in [9.17, 15) is 9.36 Å². The third-order valence-corrected chi connectivity index (χ3v) is 5.85. The molecule has 0 atom stereocenters. The van der Waals surface area contributed by atoms with Crippen LogP contribution in [0.2, 0.25) is 0 Å². The van der Waals surface area contributed by atoms with E-state index in [0.29, 0.717) is 17.6 Å². The molecule has 0 fully saturated rings. The molecule has 1 aromatic carbocycles. The van der Waals surface area contributed by atoms with Crippen LogP contribution in [0, 0.1) is 0 Å². The van der Waals surface area contributed by atoms with E-state index in [1.165, 1.54) is 12.1 Å². The van der Waals surface area contributed by atoms with Crippen LogP contribution in [0.1, 0.15) is 24.2 Å². The minimum absolute atomic E-state index is 0.203. The van der Waals surface area contributed by atoms with Crippen molar-refractivity contribution in [3.8, 4) is 0 Å². The van der Waals surface area contributed by atoms with Gasteiger partial charge in [-0.2, -0.15) is 0 Å². The van der Waals surface area contributed by atoms with Crippen LogP contribution in [-0.4, -0.2) is 23.4 Å². The molecular weight excluding hydrogens is 211 g/mol. The Hall–Kier alpha value is -1.08. The Morgan fingerprint density at radius 2 is 1.93 bits per heavy atom. The Balaban J connectivity index is 3.21. The second-order valence-corrected chi connectivity index (χ2v) is 6.94. The second kappa shape index (κ2) is 4.63. The summed E-state index contributed by atoms with van der Waals surface area (Å²) in [4.78, 5) is 10.8. The fourth-order valence-corrected chi connectivity index (χ4v) is 3.39. The van der Waals surface area contributed by atoms with Gasteiger partial charge < -0.3 is 9.67 Å². The molecule has 0 unspecified atom stereocenters. The van der Waals surface area contributed by atoms with E-state index in [0.717, 1.165) is 0 Å². The standard InChI is InChI=1S/C11H15O3P/c1-3-15(14,4-2)10-7-5-6-9(8-10)11(12)13/h5-8H,3-4H2,1-2H3,(H,12,13). The third kappa shape index (κ3) is 2.48. The zero-order chi connectivity index (χ0) is 11.5. The summed E-state index contributed by atoms with van der Waals surface area (Å²) in [6.45, 7) is 3.75. The molecule has 0 aliphatic rings. The quantitative estimate of drug-likeness (QED) is 0.802. The van der Waals surface area contributed by atoms with Crippen molar-refractivity contribution in [2.24, 2.45) is 0 Å². The summed E-state index contributed by atoms with van der Waals surface area (Å²) >= 11 is 0. The SMILES string of the molecule is CCP(=O)(CC)c1cccc(C(=O)O)c1. The van der Waals surface area contributed by atoms with E-state index in [1.807, 2.05) is 13.8 Å². The molecule has 0 amide bonds. The van der Waals surface area contributed by atoms with E-state index in [1.54, 1.807) is 12.1 Å². The van der Waals surface area contributed by atoms with Crippen molar-refractivity contribution >= 4 is 18.4 Å². The lowest BCUT2D eigenvalue weighted by molar-refractivity contribution is 0.0697. The maximum atomic E-state index is 12.3. The minimum atomic E-state index is -2.36. The fourth-order valence-electron chi connectivity index (χ4n) is 1.48. The maximum Gasteiger partial charge on any atom is 0.335 e. The topological polar surface area (TPSA) is 54.4 Å². The summed E-state index contributed by atoms with van der Waals surface area (Å²) < 4.78 is 12.3. The van der Waals surface area contributed by atoms with E-state index in [4.69, 9.17) is 5.11 Å². The van der Waals surface area contributed by atoms with Crippen molar-refractivity contribution < 1.29 is 14.5 Å². The second-order valence-electron chi connectivity index (χ2n) is 3.38. The molecule has 3 nitrogen and oxygen atoms in total. The zero-order valence-electron chi connectivity index (χ0n) is 8.93. The van der Waals surface area contributed by atoms with Crippen molar-refractivity contribution in [2.75, 3.05) is 12.3 Å². The summed E-state index contributed by atoms with van der Waals surface area (Å²) in [6.07, 6.45) is 1.15. The average molecular weight is 226 g/mol. The largest absolute Gasteiger partial charge is 0.478 e. The van der Waals surface area contributed by atoms with Crippen LogP contribution in [-0.2, 0) is 4.57 Å². The molecule has 0 spiro atoms. The van der Waals surface area contributed by atoms with Crippen LogP contribution in [0.25, 0.3) is 0 Å². The first kappa shape index (κ1) is 12.0. The molecule has 1 aromatic rings. The molecular formula is C11H15O3P. The van der Waals surface area contributed by atoms with Crippen molar-refractivity contribution in [1.82, 2.24) is 0 Å². The number of benzene rings is 1. The molecule has 0 aliphatic carbocycles. The van der Waals surface area contributed by atoms with Gasteiger partial charge in [-0.15, -0.1) is 0 Å². The predicted octanol–water partition coefficient (Wildman–Crippen LogP) is 2.41. The van der Waals surface area contributed by atoms with Gasteiger partial charge in [-0.3, -0.25) is 0 Å². The number of aromatic carboxylic acids is 1. The predicted molar refractivity (Wildman–Crippen MR) is 61.7 cm³/mol. The number of hydrogen-bond acceptors (Lipinski definition) is 2. The van der Waals surface area contributed by atoms with Gasteiger partial charge in [0.25, 0.3) is 0 Å². The Kier molecular flexibility index (Phi) is 3.70. The molecule has 4 heteroatoms. The lowest BCUT2D eigenvalue weighted by Gasteiger charge is -2.14. The van der Waals surface area contributed by atoms with Gasteiger partial charge in [0.05, 0.1) is 5.56 Å². The molecule has 0 bridgehead atoms. The summed E-state index contributed by atoms with van der Waals surface area (Å²) in [7, 11) is -2.36. The van der Waals surface area contributed by atoms with Gasteiger partial charge >= 0.3 is 5.97 Å². The molecule has 1 N–H and O–H groups in total. The van der Waals surface area contributed by atoms with Gasteiger partial charge in [0.2, 0.25) is 0 Å². The first-order chi connectivity index (χ1) is 7.03. The lowest BCUT2D eigenvalue weighted by atomic mass is 10.2. The summed E-state index contributed by atoms with van der Waals surface area (Å²) in [6, 6.07) is 6.44. The Labute approximate surface area is 89.5 Å². The van der Waals surface area contributed by atoms with Gasteiger partial charge in [-0.25, -0.2) is 4.79 Å². The van der Waals surface area contributed by atoms with Gasteiger partial charge in [0, 0.05) is 17.6 Å². The van der Waals surface area contributed by atoms with E-state index in [-0.39, 0.29) is 5.56 Å². The number of carbonyl (C=O) groups is 1. The first-order valence-corrected chi connectivity index (χ1v) is 7.03. The Morgan fingerprint density at radius 1 is 1.33 bits per heavy atom. The number of carboxylic acid groups (broad SMARTS) is 1. The molecule has 0 radical (unpaired) electrons. The summed E-state index contributed by atoms with van der Waals surface area (Å²) in [5.41, 5.74) is 0.203. The van der Waals surface area contributed by atoms with E-state index in [2.05, 4.69) is 0 Å². The fraction of sp³-hybridized carbons (Fsp3) is 0.364. The number of rotatable bonds is 4. The highest BCUT2D eigenvalue weighted by Gasteiger charge is 2.20. The molecule has 0 saturated heterocycles. The van der Waals surface area contributed by atoms with E-state index >= 15 is 0 Å². The molecule has 0 aromatic heterocycles. The smallest absolute Gasteiger partial charge is 0.335 e. The Bertz CT molecular complexity index is 404. The minimum Gasteiger partial charge on any atom is -0.478 e. The van der Waals surface area contributed by atoms with Crippen LogP contribution in [0.15, 0.2) is 24.3 Å². The lowest BCUT2D eigenvalue weighted by Crippen LogP contribution is -2.11. The third-order valence-electron chi connectivity index (χ3n) is 2.59. The molecule has 0 heterocycles. The van der Waals surface area contributed by atoms with Gasteiger partial charge in [0.1, 0.15) is 7.14 Å². The molecule has 0 saturated carbocycles. The van der Waals surface area contributed by atoms with Crippen molar-refractivity contribution in [1.29, 1.82) is 0 Å². The summed E-state index contributed by atoms with van der Waals surface area (Å²) in [5.74, 6) is -0.976. The van der Waals surface area contributed by atoms with Gasteiger partial charge in [-0.1, -0.05) is 26.0 Å². The van der Waals surface area contributed by atoms with Gasteiger partial charge in [-0.05, 0) is 12.1 Å². The van der Waals surface area contributed by atoms with Crippen molar-refractivity contribution in [3.63, 3.8) is 0 Å². The zero-order valence-corrected chi connectivity index (χ0v) is 9.83. The van der Waals surface area contributed by atoms with E-state index < -0.39 is 13.1 Å². The molecule has 0 aliphatic heterocycles. The Morgan fingerprint density at radius 3 is 2.40 bits per heavy atom. The van der Waals surface area contributed by atoms with Crippen LogP contribution in [0.3, 0.4) is 0 Å². The number of hydrogen-bond donors (Lipinski definition) is 1. The van der Waals surface area contributed by atoms with Crippen LogP contribution in [0.4, 0.5) is 0 Å². The van der Waals surface area contributed by atoms with Crippen molar-refractivity contribution in [3.05, 3.63) is 29.8 Å². The molecule has 1 rings (SSSR count). The van der Waals surface area contributed by atoms with Crippen molar-refractivity contribution in [2.45, 2.75) is 13.8 Å².